The summed E-state index contributed by atoms with van der Waals surface area (Å²) in [5.74, 6) is 0.305. The number of halogens is 3. The minimum Gasteiger partial charge on any atom is -0.483 e. The summed E-state index contributed by atoms with van der Waals surface area (Å²) in [4.78, 5) is 12.2. The summed E-state index contributed by atoms with van der Waals surface area (Å²) in [6.07, 6.45) is 0. The highest BCUT2D eigenvalue weighted by molar-refractivity contribution is 6.35. The first-order valence-corrected chi connectivity index (χ1v) is 10.0. The van der Waals surface area contributed by atoms with Crippen molar-refractivity contribution in [1.82, 2.24) is 0 Å². The molecule has 0 saturated carbocycles. The lowest BCUT2D eigenvalue weighted by Crippen LogP contribution is -2.20. The Labute approximate surface area is 184 Å². The maximum Gasteiger partial charge on any atom is 0.262 e. The summed E-state index contributed by atoms with van der Waals surface area (Å²) in [5, 5.41) is 7.71. The fourth-order valence-electron chi connectivity index (χ4n) is 2.63. The van der Waals surface area contributed by atoms with E-state index in [9.17, 15) is 4.79 Å². The second kappa shape index (κ2) is 9.88. The molecule has 0 aliphatic heterocycles. The first-order chi connectivity index (χ1) is 13.9. The molecule has 4 nitrogen and oxygen atoms in total. The van der Waals surface area contributed by atoms with Crippen LogP contribution in [0.4, 0.5) is 11.4 Å². The van der Waals surface area contributed by atoms with E-state index in [1.54, 1.807) is 36.4 Å². The Balaban J connectivity index is 1.64. The van der Waals surface area contributed by atoms with Crippen LogP contribution in [-0.2, 0) is 11.3 Å². The van der Waals surface area contributed by atoms with Crippen LogP contribution < -0.4 is 15.4 Å². The molecule has 0 fully saturated rings. The second-order valence-electron chi connectivity index (χ2n) is 6.43. The zero-order valence-electron chi connectivity index (χ0n) is 15.6. The monoisotopic (exact) mass is 448 g/mol. The number of carbonyl (C=O) groups is 1. The van der Waals surface area contributed by atoms with Crippen molar-refractivity contribution in [3.05, 3.63) is 86.9 Å². The molecule has 0 aromatic heterocycles. The van der Waals surface area contributed by atoms with Crippen LogP contribution in [0.15, 0.2) is 60.7 Å². The highest BCUT2D eigenvalue weighted by atomic mass is 35.5. The van der Waals surface area contributed by atoms with E-state index in [0.717, 1.165) is 16.8 Å². The van der Waals surface area contributed by atoms with E-state index >= 15 is 0 Å². The summed E-state index contributed by atoms with van der Waals surface area (Å²) in [5.41, 5.74) is 3.33. The van der Waals surface area contributed by atoms with Gasteiger partial charge >= 0.3 is 0 Å². The SMILES string of the molecule is Cc1ccc(NC(=O)COc2ccc(Cl)cc2CNc2cc(Cl)ccc2Cl)cc1. The standard InChI is InChI=1S/C22H19Cl3N2O2/c1-14-2-6-18(7-3-14)27-22(28)13-29-21-9-5-16(23)10-15(21)12-26-20-11-17(24)4-8-19(20)25/h2-11,26H,12-13H2,1H3,(H,27,28). The van der Waals surface area contributed by atoms with Gasteiger partial charge in [0.15, 0.2) is 6.61 Å². The molecule has 3 rings (SSSR count). The normalized spacial score (nSPS) is 10.5. The molecule has 0 saturated heterocycles. The molecule has 0 aliphatic carbocycles. The number of nitrogens with one attached hydrogen (secondary N) is 2. The molecule has 7 heteroatoms. The quantitative estimate of drug-likeness (QED) is 0.428. The average Bonchev–Trinajstić information content (AvgIpc) is 2.69. The van der Waals surface area contributed by atoms with Crippen molar-refractivity contribution in [2.24, 2.45) is 0 Å². The smallest absolute Gasteiger partial charge is 0.262 e. The van der Waals surface area contributed by atoms with Gasteiger partial charge in [0.25, 0.3) is 5.91 Å². The van der Waals surface area contributed by atoms with E-state index in [0.29, 0.717) is 33.0 Å². The molecule has 0 aliphatic rings. The minimum absolute atomic E-state index is 0.125. The molecule has 3 aromatic carbocycles. The first kappa shape index (κ1) is 21.3. The fourth-order valence-corrected chi connectivity index (χ4v) is 3.18. The highest BCUT2D eigenvalue weighted by Gasteiger charge is 2.10. The van der Waals surface area contributed by atoms with Crippen LogP contribution in [-0.4, -0.2) is 12.5 Å². The molecule has 0 unspecified atom stereocenters. The zero-order valence-corrected chi connectivity index (χ0v) is 17.9. The number of rotatable bonds is 7. The lowest BCUT2D eigenvalue weighted by Gasteiger charge is -2.14. The minimum atomic E-state index is -0.249. The molecular formula is C22H19Cl3N2O2. The van der Waals surface area contributed by atoms with Gasteiger partial charge in [-0.05, 0) is 55.5 Å². The number of amides is 1. The molecule has 3 aromatic rings. The summed E-state index contributed by atoms with van der Waals surface area (Å²) in [7, 11) is 0. The zero-order chi connectivity index (χ0) is 20.8. The maximum atomic E-state index is 12.2. The van der Waals surface area contributed by atoms with E-state index in [2.05, 4.69) is 10.6 Å². The third-order valence-corrected chi connectivity index (χ3v) is 4.91. The molecule has 2 N–H and O–H groups in total. The van der Waals surface area contributed by atoms with Crippen LogP contribution in [0.2, 0.25) is 15.1 Å². The topological polar surface area (TPSA) is 50.4 Å². The van der Waals surface area contributed by atoms with Crippen molar-refractivity contribution in [3.63, 3.8) is 0 Å². The van der Waals surface area contributed by atoms with Gasteiger partial charge in [-0.1, -0.05) is 52.5 Å². The number of carbonyl (C=O) groups excluding carboxylic acids is 1. The number of aryl methyl sites for hydroxylation is 1. The van der Waals surface area contributed by atoms with E-state index in [1.807, 2.05) is 31.2 Å². The van der Waals surface area contributed by atoms with Crippen molar-refractivity contribution in [2.45, 2.75) is 13.5 Å². The van der Waals surface area contributed by atoms with E-state index < -0.39 is 0 Å². The molecule has 0 spiro atoms. The van der Waals surface area contributed by atoms with Gasteiger partial charge in [-0.3, -0.25) is 4.79 Å². The third kappa shape index (κ3) is 6.29. The van der Waals surface area contributed by atoms with Gasteiger partial charge in [-0.15, -0.1) is 0 Å². The predicted octanol–water partition coefficient (Wildman–Crippen LogP) is 6.58. The van der Waals surface area contributed by atoms with Gasteiger partial charge in [0, 0.05) is 27.8 Å². The van der Waals surface area contributed by atoms with Gasteiger partial charge in [0.1, 0.15) is 5.75 Å². The Morgan fingerprint density at radius 3 is 2.38 bits per heavy atom. The van der Waals surface area contributed by atoms with Crippen LogP contribution in [0.1, 0.15) is 11.1 Å². The maximum absolute atomic E-state index is 12.2. The lowest BCUT2D eigenvalue weighted by atomic mass is 10.2. The Morgan fingerprint density at radius 1 is 0.931 bits per heavy atom. The predicted molar refractivity (Wildman–Crippen MR) is 121 cm³/mol. The van der Waals surface area contributed by atoms with Gasteiger partial charge in [0.05, 0.1) is 10.7 Å². The van der Waals surface area contributed by atoms with Gasteiger partial charge in [0.2, 0.25) is 0 Å². The Morgan fingerprint density at radius 2 is 1.62 bits per heavy atom. The highest BCUT2D eigenvalue weighted by Crippen LogP contribution is 2.28. The molecule has 0 atom stereocenters. The van der Waals surface area contributed by atoms with Crippen LogP contribution in [0, 0.1) is 6.92 Å². The number of hydrogen-bond acceptors (Lipinski definition) is 3. The molecular weight excluding hydrogens is 431 g/mol. The number of anilines is 2. The van der Waals surface area contributed by atoms with Crippen molar-refractivity contribution in [1.29, 1.82) is 0 Å². The number of benzene rings is 3. The molecule has 0 radical (unpaired) electrons. The summed E-state index contributed by atoms with van der Waals surface area (Å²) in [6.45, 7) is 2.26. The molecule has 0 heterocycles. The Kier molecular flexibility index (Phi) is 7.26. The molecule has 1 amide bonds. The van der Waals surface area contributed by atoms with Crippen LogP contribution >= 0.6 is 34.8 Å². The van der Waals surface area contributed by atoms with Gasteiger partial charge < -0.3 is 15.4 Å². The van der Waals surface area contributed by atoms with Gasteiger partial charge in [-0.2, -0.15) is 0 Å². The van der Waals surface area contributed by atoms with Crippen molar-refractivity contribution >= 4 is 52.1 Å². The van der Waals surface area contributed by atoms with Gasteiger partial charge in [-0.25, -0.2) is 0 Å². The van der Waals surface area contributed by atoms with Crippen LogP contribution in [0.25, 0.3) is 0 Å². The van der Waals surface area contributed by atoms with Crippen LogP contribution in [0.5, 0.6) is 5.75 Å². The summed E-state index contributed by atoms with van der Waals surface area (Å²) >= 11 is 18.3. The molecule has 29 heavy (non-hydrogen) atoms. The van der Waals surface area contributed by atoms with Crippen molar-refractivity contribution in [3.8, 4) is 5.75 Å². The number of hydrogen-bond donors (Lipinski definition) is 2. The molecule has 150 valence electrons. The fraction of sp³-hybridized carbons (Fsp3) is 0.136. The average molecular weight is 450 g/mol. The van der Waals surface area contributed by atoms with E-state index in [1.165, 1.54) is 0 Å². The Bertz CT molecular complexity index is 1010. The lowest BCUT2D eigenvalue weighted by molar-refractivity contribution is -0.118. The third-order valence-electron chi connectivity index (χ3n) is 4.11. The van der Waals surface area contributed by atoms with E-state index in [-0.39, 0.29) is 12.5 Å². The largest absolute Gasteiger partial charge is 0.483 e. The van der Waals surface area contributed by atoms with Crippen molar-refractivity contribution in [2.75, 3.05) is 17.2 Å². The van der Waals surface area contributed by atoms with E-state index in [4.69, 9.17) is 39.5 Å². The second-order valence-corrected chi connectivity index (χ2v) is 7.71. The van der Waals surface area contributed by atoms with Crippen molar-refractivity contribution < 1.29 is 9.53 Å². The summed E-state index contributed by atoms with van der Waals surface area (Å²) in [6, 6.07) is 18.0. The molecule has 0 bridgehead atoms. The van der Waals surface area contributed by atoms with Crippen LogP contribution in [0.3, 0.4) is 0 Å². The Hall–Kier alpha value is -2.40. The first-order valence-electron chi connectivity index (χ1n) is 8.87. The summed E-state index contributed by atoms with van der Waals surface area (Å²) < 4.78 is 5.72. The number of ether oxygens (including phenoxy) is 1.